The quantitative estimate of drug-likeness (QED) is 0.704. The number of rotatable bonds is 7. The molecule has 0 aromatic carbocycles. The molecule has 0 aromatic heterocycles. The molecule has 0 aliphatic carbocycles. The van der Waals surface area contributed by atoms with E-state index < -0.39 is 0 Å². The molecule has 1 fully saturated rings. The summed E-state index contributed by atoms with van der Waals surface area (Å²) in [6, 6.07) is 1.42. The van der Waals surface area contributed by atoms with Crippen molar-refractivity contribution in [1.29, 1.82) is 0 Å². The zero-order valence-electron chi connectivity index (χ0n) is 14.1. The van der Waals surface area contributed by atoms with Gasteiger partial charge in [0.2, 0.25) is 0 Å². The van der Waals surface area contributed by atoms with Crippen LogP contribution in [0.15, 0.2) is 0 Å². The lowest BCUT2D eigenvalue weighted by Crippen LogP contribution is -2.52. The van der Waals surface area contributed by atoms with Crippen LogP contribution in [0.5, 0.6) is 0 Å². The van der Waals surface area contributed by atoms with Crippen molar-refractivity contribution in [2.24, 2.45) is 11.3 Å². The van der Waals surface area contributed by atoms with E-state index in [1.807, 2.05) is 0 Å². The number of hydrogen-bond acceptors (Lipinski definition) is 2. The van der Waals surface area contributed by atoms with Crippen LogP contribution in [0.25, 0.3) is 0 Å². The Bertz CT molecular complexity index is 250. The zero-order chi connectivity index (χ0) is 14.5. The van der Waals surface area contributed by atoms with Gasteiger partial charge in [-0.2, -0.15) is 0 Å². The van der Waals surface area contributed by atoms with Gasteiger partial charge in [0.1, 0.15) is 0 Å². The van der Waals surface area contributed by atoms with Crippen LogP contribution in [0.3, 0.4) is 0 Å². The Morgan fingerprint density at radius 1 is 1.21 bits per heavy atom. The molecule has 0 aromatic rings. The summed E-state index contributed by atoms with van der Waals surface area (Å²) in [4.78, 5) is 2.50. The highest BCUT2D eigenvalue weighted by Gasteiger charge is 2.29. The third-order valence-corrected chi connectivity index (χ3v) is 4.91. The monoisotopic (exact) mass is 268 g/mol. The van der Waals surface area contributed by atoms with Crippen LogP contribution in [0.4, 0.5) is 0 Å². The predicted molar refractivity (Wildman–Crippen MR) is 85.6 cm³/mol. The van der Waals surface area contributed by atoms with Gasteiger partial charge in [0.05, 0.1) is 0 Å². The van der Waals surface area contributed by atoms with E-state index in [9.17, 15) is 0 Å². The van der Waals surface area contributed by atoms with E-state index in [1.54, 1.807) is 0 Å². The molecule has 1 aliphatic heterocycles. The Balaban J connectivity index is 2.34. The van der Waals surface area contributed by atoms with Crippen molar-refractivity contribution in [3.63, 3.8) is 0 Å². The van der Waals surface area contributed by atoms with Gasteiger partial charge in [-0.3, -0.25) is 0 Å². The van der Waals surface area contributed by atoms with Gasteiger partial charge < -0.3 is 10.2 Å². The van der Waals surface area contributed by atoms with Gasteiger partial charge in [-0.05, 0) is 38.1 Å². The highest BCUT2D eigenvalue weighted by molar-refractivity contribution is 4.87. The molecule has 1 aliphatic rings. The van der Waals surface area contributed by atoms with E-state index in [1.165, 1.54) is 45.2 Å². The van der Waals surface area contributed by atoms with Crippen LogP contribution < -0.4 is 5.32 Å². The van der Waals surface area contributed by atoms with Crippen molar-refractivity contribution < 1.29 is 0 Å². The van der Waals surface area contributed by atoms with Crippen LogP contribution in [0.1, 0.15) is 66.7 Å². The third-order valence-electron chi connectivity index (χ3n) is 4.91. The summed E-state index contributed by atoms with van der Waals surface area (Å²) < 4.78 is 0. The second-order valence-corrected chi connectivity index (χ2v) is 7.61. The summed E-state index contributed by atoms with van der Waals surface area (Å²) in [5.41, 5.74) is 0.446. The molecule has 114 valence electrons. The Morgan fingerprint density at radius 3 is 2.53 bits per heavy atom. The predicted octanol–water partition coefficient (Wildman–Crippen LogP) is 3.91. The lowest BCUT2D eigenvalue weighted by Gasteiger charge is -2.41. The van der Waals surface area contributed by atoms with Gasteiger partial charge in [-0.25, -0.2) is 0 Å². The van der Waals surface area contributed by atoms with Gasteiger partial charge in [0.15, 0.2) is 0 Å². The highest BCUT2D eigenvalue weighted by Crippen LogP contribution is 2.25. The molecule has 0 spiro atoms. The SMILES string of the molecule is CCCCCC(C)(C)CNC1CC(C)N(C)CC1C. The summed E-state index contributed by atoms with van der Waals surface area (Å²) in [7, 11) is 2.26. The van der Waals surface area contributed by atoms with Crippen LogP contribution >= 0.6 is 0 Å². The lowest BCUT2D eigenvalue weighted by molar-refractivity contribution is 0.114. The van der Waals surface area contributed by atoms with Gasteiger partial charge in [-0.1, -0.05) is 47.0 Å². The van der Waals surface area contributed by atoms with Crippen LogP contribution in [-0.2, 0) is 0 Å². The maximum Gasteiger partial charge on any atom is 0.0120 e. The number of nitrogens with zero attached hydrogens (tertiary/aromatic N) is 1. The minimum Gasteiger partial charge on any atom is -0.313 e. The molecule has 0 bridgehead atoms. The fraction of sp³-hybridized carbons (Fsp3) is 1.00. The van der Waals surface area contributed by atoms with Crippen LogP contribution in [0.2, 0.25) is 0 Å². The smallest absolute Gasteiger partial charge is 0.0120 e. The van der Waals surface area contributed by atoms with Crippen LogP contribution in [0, 0.1) is 11.3 Å². The van der Waals surface area contributed by atoms with Crippen molar-refractivity contribution in [1.82, 2.24) is 10.2 Å². The first-order chi connectivity index (χ1) is 8.85. The van der Waals surface area contributed by atoms with E-state index in [0.29, 0.717) is 11.5 Å². The molecule has 2 heteroatoms. The summed E-state index contributed by atoms with van der Waals surface area (Å²) in [5, 5.41) is 3.86. The Kier molecular flexibility index (Phi) is 6.82. The highest BCUT2D eigenvalue weighted by atomic mass is 15.2. The maximum absolute atomic E-state index is 3.86. The molecule has 1 rings (SSSR count). The first-order valence-corrected chi connectivity index (χ1v) is 8.29. The van der Waals surface area contributed by atoms with Crippen molar-refractivity contribution in [3.05, 3.63) is 0 Å². The second-order valence-electron chi connectivity index (χ2n) is 7.61. The molecule has 3 atom stereocenters. The number of unbranched alkanes of at least 4 members (excludes halogenated alkanes) is 2. The molecule has 0 saturated carbocycles. The topological polar surface area (TPSA) is 15.3 Å². The van der Waals surface area contributed by atoms with Crippen molar-refractivity contribution in [2.75, 3.05) is 20.1 Å². The molecule has 1 saturated heterocycles. The fourth-order valence-electron chi connectivity index (χ4n) is 3.18. The number of hydrogen-bond donors (Lipinski definition) is 1. The summed E-state index contributed by atoms with van der Waals surface area (Å²) in [6.07, 6.45) is 6.73. The normalized spacial score (nSPS) is 29.7. The minimum atomic E-state index is 0.446. The minimum absolute atomic E-state index is 0.446. The average molecular weight is 268 g/mol. The van der Waals surface area contributed by atoms with E-state index in [4.69, 9.17) is 0 Å². The maximum atomic E-state index is 3.86. The first-order valence-electron chi connectivity index (χ1n) is 8.29. The van der Waals surface area contributed by atoms with Crippen LogP contribution in [-0.4, -0.2) is 37.1 Å². The van der Waals surface area contributed by atoms with E-state index in [2.05, 4.69) is 51.9 Å². The molecule has 1 N–H and O–H groups in total. The van der Waals surface area contributed by atoms with Crippen molar-refractivity contribution in [2.45, 2.75) is 78.8 Å². The van der Waals surface area contributed by atoms with E-state index in [-0.39, 0.29) is 0 Å². The van der Waals surface area contributed by atoms with Gasteiger partial charge in [-0.15, -0.1) is 0 Å². The standard InChI is InChI=1S/C17H36N2/c1-7-8-9-10-17(4,5)13-18-16-11-15(3)19(6)12-14(16)2/h14-16,18H,7-13H2,1-6H3. The first kappa shape index (κ1) is 17.0. The number of likely N-dealkylation sites (tertiary alicyclic amines) is 1. The van der Waals surface area contributed by atoms with Gasteiger partial charge >= 0.3 is 0 Å². The third kappa shape index (κ3) is 5.83. The molecular formula is C17H36N2. The second kappa shape index (κ2) is 7.64. The molecule has 0 radical (unpaired) electrons. The Hall–Kier alpha value is -0.0800. The Labute approximate surface area is 121 Å². The molecule has 3 unspecified atom stereocenters. The fourth-order valence-corrected chi connectivity index (χ4v) is 3.18. The number of piperidine rings is 1. The van der Waals surface area contributed by atoms with Gasteiger partial charge in [0, 0.05) is 25.2 Å². The van der Waals surface area contributed by atoms with Crippen molar-refractivity contribution >= 4 is 0 Å². The summed E-state index contributed by atoms with van der Waals surface area (Å²) >= 11 is 0. The molecule has 19 heavy (non-hydrogen) atoms. The summed E-state index contributed by atoms with van der Waals surface area (Å²) in [6.45, 7) is 14.3. The van der Waals surface area contributed by atoms with E-state index in [0.717, 1.165) is 12.0 Å². The zero-order valence-corrected chi connectivity index (χ0v) is 14.1. The number of nitrogens with one attached hydrogen (secondary N) is 1. The van der Waals surface area contributed by atoms with Gasteiger partial charge in [0.25, 0.3) is 0 Å². The largest absolute Gasteiger partial charge is 0.313 e. The average Bonchev–Trinajstić information content (AvgIpc) is 2.32. The Morgan fingerprint density at radius 2 is 1.89 bits per heavy atom. The molecule has 0 amide bonds. The van der Waals surface area contributed by atoms with E-state index >= 15 is 0 Å². The molecular weight excluding hydrogens is 232 g/mol. The molecule has 2 nitrogen and oxygen atoms in total. The molecule has 1 heterocycles. The summed E-state index contributed by atoms with van der Waals surface area (Å²) in [5.74, 6) is 0.771. The lowest BCUT2D eigenvalue weighted by atomic mass is 9.84. The van der Waals surface area contributed by atoms with Crippen molar-refractivity contribution in [3.8, 4) is 0 Å².